The third kappa shape index (κ3) is 3.53. The number of aryl methyl sites for hydroxylation is 1. The second kappa shape index (κ2) is 6.30. The summed E-state index contributed by atoms with van der Waals surface area (Å²) in [4.78, 5) is 0. The molecule has 2 nitrogen and oxygen atoms in total. The number of rotatable bonds is 6. The van der Waals surface area contributed by atoms with E-state index in [0.29, 0.717) is 5.56 Å². The van der Waals surface area contributed by atoms with Crippen LogP contribution in [0, 0.1) is 12.7 Å². The second-order valence-electron chi connectivity index (χ2n) is 5.20. The van der Waals surface area contributed by atoms with Crippen molar-refractivity contribution in [1.82, 2.24) is 5.32 Å². The van der Waals surface area contributed by atoms with Crippen LogP contribution in [0.25, 0.3) is 0 Å². The van der Waals surface area contributed by atoms with Gasteiger partial charge in [-0.15, -0.1) is 0 Å². The van der Waals surface area contributed by atoms with Gasteiger partial charge in [-0.05, 0) is 50.9 Å². The van der Waals surface area contributed by atoms with Gasteiger partial charge in [-0.1, -0.05) is 19.1 Å². The smallest absolute Gasteiger partial charge is 0.126 e. The van der Waals surface area contributed by atoms with Gasteiger partial charge in [-0.25, -0.2) is 4.39 Å². The summed E-state index contributed by atoms with van der Waals surface area (Å²) in [5.74, 6) is -0.164. The van der Waals surface area contributed by atoms with E-state index in [1.807, 2.05) is 26.0 Å². The van der Waals surface area contributed by atoms with Gasteiger partial charge in [-0.3, -0.25) is 0 Å². The van der Waals surface area contributed by atoms with Crippen molar-refractivity contribution in [2.24, 2.45) is 0 Å². The molecular formula is C15H24FNO. The number of hydrogen-bond acceptors (Lipinski definition) is 2. The molecule has 0 heterocycles. The third-order valence-electron chi connectivity index (χ3n) is 3.34. The summed E-state index contributed by atoms with van der Waals surface area (Å²) in [5.41, 5.74) is 1.40. The van der Waals surface area contributed by atoms with Gasteiger partial charge < -0.3 is 10.1 Å². The van der Waals surface area contributed by atoms with Gasteiger partial charge in [0.05, 0.1) is 11.6 Å². The van der Waals surface area contributed by atoms with E-state index >= 15 is 0 Å². The van der Waals surface area contributed by atoms with E-state index in [9.17, 15) is 4.39 Å². The maximum atomic E-state index is 13.3. The topological polar surface area (TPSA) is 21.3 Å². The zero-order chi connectivity index (χ0) is 13.8. The highest BCUT2D eigenvalue weighted by Gasteiger charge is 2.30. The maximum absolute atomic E-state index is 13.3. The molecule has 0 bridgehead atoms. The van der Waals surface area contributed by atoms with Crippen molar-refractivity contribution in [1.29, 1.82) is 0 Å². The van der Waals surface area contributed by atoms with Crippen LogP contribution in [-0.2, 0) is 4.74 Å². The van der Waals surface area contributed by atoms with Crippen LogP contribution in [0.2, 0.25) is 0 Å². The molecule has 0 aromatic heterocycles. The first kappa shape index (κ1) is 15.1. The van der Waals surface area contributed by atoms with E-state index in [2.05, 4.69) is 12.2 Å². The molecule has 1 aromatic carbocycles. The number of benzene rings is 1. The molecule has 0 spiro atoms. The van der Waals surface area contributed by atoms with Crippen LogP contribution in [0.3, 0.4) is 0 Å². The van der Waals surface area contributed by atoms with Crippen molar-refractivity contribution in [2.45, 2.75) is 45.8 Å². The van der Waals surface area contributed by atoms with Crippen molar-refractivity contribution in [3.05, 3.63) is 35.1 Å². The van der Waals surface area contributed by atoms with Gasteiger partial charge in [-0.2, -0.15) is 0 Å². The fourth-order valence-electron chi connectivity index (χ4n) is 2.02. The standard InChI is InChI=1S/C15H24FNO/c1-6-9-17-14(15(3,4)18-5)12-7-8-13(16)11(2)10-12/h7-8,10,14,17H,6,9H2,1-5H3. The van der Waals surface area contributed by atoms with Crippen LogP contribution in [0.1, 0.15) is 44.4 Å². The Hall–Kier alpha value is -0.930. The molecular weight excluding hydrogens is 229 g/mol. The Balaban J connectivity index is 3.05. The van der Waals surface area contributed by atoms with E-state index in [-0.39, 0.29) is 17.5 Å². The molecule has 0 saturated heterocycles. The summed E-state index contributed by atoms with van der Waals surface area (Å²) in [6, 6.07) is 5.30. The average Bonchev–Trinajstić information content (AvgIpc) is 2.34. The lowest BCUT2D eigenvalue weighted by molar-refractivity contribution is -0.0111. The molecule has 0 aliphatic rings. The Kier molecular flexibility index (Phi) is 5.29. The van der Waals surface area contributed by atoms with Crippen molar-refractivity contribution in [2.75, 3.05) is 13.7 Å². The fourth-order valence-corrected chi connectivity index (χ4v) is 2.02. The monoisotopic (exact) mass is 253 g/mol. The normalized spacial score (nSPS) is 13.7. The minimum atomic E-state index is -0.334. The van der Waals surface area contributed by atoms with Crippen LogP contribution >= 0.6 is 0 Å². The number of nitrogens with one attached hydrogen (secondary N) is 1. The van der Waals surface area contributed by atoms with E-state index < -0.39 is 0 Å². The van der Waals surface area contributed by atoms with E-state index in [1.54, 1.807) is 14.0 Å². The molecule has 0 aliphatic heterocycles. The highest BCUT2D eigenvalue weighted by Crippen LogP contribution is 2.29. The van der Waals surface area contributed by atoms with Crippen LogP contribution in [0.4, 0.5) is 4.39 Å². The van der Waals surface area contributed by atoms with Crippen molar-refractivity contribution >= 4 is 0 Å². The van der Waals surface area contributed by atoms with Crippen molar-refractivity contribution in [3.8, 4) is 0 Å². The quantitative estimate of drug-likeness (QED) is 0.836. The van der Waals surface area contributed by atoms with Crippen LogP contribution in [-0.4, -0.2) is 19.3 Å². The van der Waals surface area contributed by atoms with Gasteiger partial charge in [0.1, 0.15) is 5.82 Å². The summed E-state index contributed by atoms with van der Waals surface area (Å²) in [6.07, 6.45) is 1.05. The first-order chi connectivity index (χ1) is 8.42. The average molecular weight is 253 g/mol. The molecule has 0 saturated carbocycles. The van der Waals surface area contributed by atoms with Crippen LogP contribution in [0.15, 0.2) is 18.2 Å². The van der Waals surface area contributed by atoms with Gasteiger partial charge in [0, 0.05) is 7.11 Å². The predicted octanol–water partition coefficient (Wildman–Crippen LogP) is 3.60. The summed E-state index contributed by atoms with van der Waals surface area (Å²) >= 11 is 0. The van der Waals surface area contributed by atoms with E-state index in [1.165, 1.54) is 6.07 Å². The van der Waals surface area contributed by atoms with Crippen LogP contribution < -0.4 is 5.32 Å². The summed E-state index contributed by atoms with van der Waals surface area (Å²) < 4.78 is 18.9. The largest absolute Gasteiger partial charge is 0.377 e. The van der Waals surface area contributed by atoms with Gasteiger partial charge in [0.15, 0.2) is 0 Å². The lowest BCUT2D eigenvalue weighted by Crippen LogP contribution is -2.41. The molecule has 1 unspecified atom stereocenters. The van der Waals surface area contributed by atoms with E-state index in [4.69, 9.17) is 4.74 Å². The fraction of sp³-hybridized carbons (Fsp3) is 0.600. The van der Waals surface area contributed by atoms with Crippen molar-refractivity contribution in [3.63, 3.8) is 0 Å². The van der Waals surface area contributed by atoms with Gasteiger partial charge >= 0.3 is 0 Å². The first-order valence-corrected chi connectivity index (χ1v) is 6.47. The molecule has 0 fully saturated rings. The Morgan fingerprint density at radius 2 is 2.06 bits per heavy atom. The van der Waals surface area contributed by atoms with Crippen LogP contribution in [0.5, 0.6) is 0 Å². The van der Waals surface area contributed by atoms with E-state index in [0.717, 1.165) is 18.5 Å². The zero-order valence-electron chi connectivity index (χ0n) is 12.0. The Morgan fingerprint density at radius 3 is 2.56 bits per heavy atom. The zero-order valence-corrected chi connectivity index (χ0v) is 12.0. The lowest BCUT2D eigenvalue weighted by atomic mass is 9.90. The summed E-state index contributed by atoms with van der Waals surface area (Å²) in [6.45, 7) is 8.90. The first-order valence-electron chi connectivity index (χ1n) is 6.47. The molecule has 1 atom stereocenters. The number of hydrogen-bond donors (Lipinski definition) is 1. The molecule has 102 valence electrons. The maximum Gasteiger partial charge on any atom is 0.126 e. The Bertz CT molecular complexity index is 390. The highest BCUT2D eigenvalue weighted by atomic mass is 19.1. The third-order valence-corrected chi connectivity index (χ3v) is 3.34. The molecule has 0 radical (unpaired) electrons. The molecule has 3 heteroatoms. The number of halogens is 1. The minimum absolute atomic E-state index is 0.0572. The number of ether oxygens (including phenoxy) is 1. The highest BCUT2D eigenvalue weighted by molar-refractivity contribution is 5.28. The molecule has 0 aliphatic carbocycles. The minimum Gasteiger partial charge on any atom is -0.377 e. The molecule has 1 N–H and O–H groups in total. The molecule has 1 aromatic rings. The molecule has 1 rings (SSSR count). The lowest BCUT2D eigenvalue weighted by Gasteiger charge is -2.34. The Morgan fingerprint density at radius 1 is 1.39 bits per heavy atom. The SMILES string of the molecule is CCCNC(c1ccc(F)c(C)c1)C(C)(C)OC. The number of methoxy groups -OCH3 is 1. The second-order valence-corrected chi connectivity index (χ2v) is 5.20. The van der Waals surface area contributed by atoms with Crippen molar-refractivity contribution < 1.29 is 9.13 Å². The Labute approximate surface area is 110 Å². The van der Waals surface area contributed by atoms with Gasteiger partial charge in [0.25, 0.3) is 0 Å². The molecule has 18 heavy (non-hydrogen) atoms. The summed E-state index contributed by atoms with van der Waals surface area (Å²) in [5, 5.41) is 3.48. The van der Waals surface area contributed by atoms with Gasteiger partial charge in [0.2, 0.25) is 0 Å². The summed E-state index contributed by atoms with van der Waals surface area (Å²) in [7, 11) is 1.71. The molecule has 0 amide bonds. The predicted molar refractivity (Wildman–Crippen MR) is 73.3 cm³/mol.